The molecule has 3 rings (SSSR count). The fourth-order valence-corrected chi connectivity index (χ4v) is 4.29. The fraction of sp³-hybridized carbons (Fsp3) is 0.524. The summed E-state index contributed by atoms with van der Waals surface area (Å²) in [5.74, 6) is 1.11. The van der Waals surface area contributed by atoms with Crippen molar-refractivity contribution in [3.63, 3.8) is 0 Å². The Balaban J connectivity index is 1.41. The predicted molar refractivity (Wildman–Crippen MR) is 110 cm³/mol. The van der Waals surface area contributed by atoms with Crippen molar-refractivity contribution < 1.29 is 4.79 Å². The molecule has 0 aliphatic heterocycles. The number of thioether (sulfide) groups is 1. The molecule has 7 heteroatoms. The van der Waals surface area contributed by atoms with Crippen molar-refractivity contribution in [2.45, 2.75) is 62.6 Å². The summed E-state index contributed by atoms with van der Waals surface area (Å²) < 4.78 is 2.32. The maximum absolute atomic E-state index is 12.1. The van der Waals surface area contributed by atoms with E-state index in [4.69, 9.17) is 5.26 Å². The predicted octanol–water partition coefficient (Wildman–Crippen LogP) is 3.67. The number of nitrogens with one attached hydrogen (secondary N) is 1. The topological polar surface area (TPSA) is 83.6 Å². The van der Waals surface area contributed by atoms with Gasteiger partial charge in [0.15, 0.2) is 5.16 Å². The SMILES string of the molecule is CSc1nnc(CCCNC(=O)CCc2ccc(C#N)cc2)n1C1CCCC1. The molecule has 1 saturated carbocycles. The van der Waals surface area contributed by atoms with Crippen LogP contribution in [0.15, 0.2) is 29.4 Å². The molecule has 0 radical (unpaired) electrons. The van der Waals surface area contributed by atoms with E-state index in [2.05, 4.69) is 26.2 Å². The summed E-state index contributed by atoms with van der Waals surface area (Å²) in [5.41, 5.74) is 1.71. The Kier molecular flexibility index (Phi) is 7.49. The maximum atomic E-state index is 12.1. The van der Waals surface area contributed by atoms with Gasteiger partial charge >= 0.3 is 0 Å². The molecular formula is C21H27N5OS. The van der Waals surface area contributed by atoms with E-state index in [9.17, 15) is 4.79 Å². The van der Waals surface area contributed by atoms with Crippen molar-refractivity contribution in [1.29, 1.82) is 5.26 Å². The van der Waals surface area contributed by atoms with Gasteiger partial charge in [0.1, 0.15) is 5.82 Å². The van der Waals surface area contributed by atoms with E-state index in [0.29, 0.717) is 31.0 Å². The minimum Gasteiger partial charge on any atom is -0.356 e. The smallest absolute Gasteiger partial charge is 0.220 e. The average Bonchev–Trinajstić information content (AvgIpc) is 3.39. The Hall–Kier alpha value is -2.33. The number of benzene rings is 1. The third kappa shape index (κ3) is 5.35. The molecule has 1 aromatic carbocycles. The molecule has 1 amide bonds. The normalized spacial score (nSPS) is 14.1. The van der Waals surface area contributed by atoms with Crippen LogP contribution in [0.2, 0.25) is 0 Å². The highest BCUT2D eigenvalue weighted by Gasteiger charge is 2.23. The highest BCUT2D eigenvalue weighted by molar-refractivity contribution is 7.98. The third-order valence-corrected chi connectivity index (χ3v) is 5.87. The molecule has 148 valence electrons. The zero-order chi connectivity index (χ0) is 19.8. The molecule has 1 N–H and O–H groups in total. The fourth-order valence-electron chi connectivity index (χ4n) is 3.71. The molecule has 0 saturated heterocycles. The standard InChI is InChI=1S/C21H27N5OS/c1-28-21-25-24-19(26(21)18-5-2-3-6-18)7-4-14-23-20(27)13-12-16-8-10-17(15-22)11-9-16/h8-11,18H,2-7,12-14H2,1H3,(H,23,27). The van der Waals surface area contributed by atoms with Gasteiger partial charge in [0.05, 0.1) is 11.6 Å². The Labute approximate surface area is 170 Å². The highest BCUT2D eigenvalue weighted by Crippen LogP contribution is 2.33. The lowest BCUT2D eigenvalue weighted by molar-refractivity contribution is -0.121. The van der Waals surface area contributed by atoms with Gasteiger partial charge in [0.25, 0.3) is 0 Å². The lowest BCUT2D eigenvalue weighted by atomic mass is 10.1. The number of nitrogens with zero attached hydrogens (tertiary/aromatic N) is 4. The molecule has 2 aromatic rings. The number of carbonyl (C=O) groups is 1. The molecule has 1 aromatic heterocycles. The second kappa shape index (κ2) is 10.3. The number of aromatic nitrogens is 3. The molecule has 0 unspecified atom stereocenters. The van der Waals surface area contributed by atoms with E-state index in [1.807, 2.05) is 18.4 Å². The molecule has 1 aliphatic carbocycles. The maximum Gasteiger partial charge on any atom is 0.220 e. The number of aryl methyl sites for hydroxylation is 2. The second-order valence-electron chi connectivity index (χ2n) is 7.17. The highest BCUT2D eigenvalue weighted by atomic mass is 32.2. The number of nitriles is 1. The van der Waals surface area contributed by atoms with Crippen molar-refractivity contribution in [3.05, 3.63) is 41.2 Å². The van der Waals surface area contributed by atoms with Crippen LogP contribution in [0, 0.1) is 11.3 Å². The first-order valence-corrected chi connectivity index (χ1v) is 11.2. The van der Waals surface area contributed by atoms with E-state index in [-0.39, 0.29) is 5.91 Å². The Bertz CT molecular complexity index is 818. The second-order valence-corrected chi connectivity index (χ2v) is 7.95. The Morgan fingerprint density at radius 2 is 2.00 bits per heavy atom. The van der Waals surface area contributed by atoms with E-state index in [1.54, 1.807) is 23.9 Å². The Morgan fingerprint density at radius 1 is 1.25 bits per heavy atom. The van der Waals surface area contributed by atoms with E-state index >= 15 is 0 Å². The van der Waals surface area contributed by atoms with Crippen LogP contribution in [0.3, 0.4) is 0 Å². The van der Waals surface area contributed by atoms with Gasteiger partial charge in [-0.05, 0) is 49.6 Å². The van der Waals surface area contributed by atoms with Crippen LogP contribution in [0.4, 0.5) is 0 Å². The van der Waals surface area contributed by atoms with Crippen molar-refractivity contribution >= 4 is 17.7 Å². The summed E-state index contributed by atoms with van der Waals surface area (Å²) in [6.07, 6.45) is 9.88. The zero-order valence-corrected chi connectivity index (χ0v) is 17.2. The number of amides is 1. The Morgan fingerprint density at radius 3 is 2.68 bits per heavy atom. The molecular weight excluding hydrogens is 370 g/mol. The van der Waals surface area contributed by atoms with Gasteiger partial charge in [-0.25, -0.2) is 0 Å². The molecule has 6 nitrogen and oxygen atoms in total. The summed E-state index contributed by atoms with van der Waals surface area (Å²) in [4.78, 5) is 12.1. The van der Waals surface area contributed by atoms with Crippen molar-refractivity contribution in [2.24, 2.45) is 0 Å². The largest absolute Gasteiger partial charge is 0.356 e. The molecule has 1 heterocycles. The van der Waals surface area contributed by atoms with Crippen molar-refractivity contribution in [3.8, 4) is 6.07 Å². The van der Waals surface area contributed by atoms with Gasteiger partial charge in [-0.15, -0.1) is 10.2 Å². The van der Waals surface area contributed by atoms with Gasteiger partial charge in [-0.2, -0.15) is 5.26 Å². The lowest BCUT2D eigenvalue weighted by Gasteiger charge is -2.16. The number of hydrogen-bond donors (Lipinski definition) is 1. The summed E-state index contributed by atoms with van der Waals surface area (Å²) in [6.45, 7) is 0.651. The molecule has 1 fully saturated rings. The van der Waals surface area contributed by atoms with Crippen LogP contribution in [0.1, 0.15) is 61.5 Å². The minimum atomic E-state index is 0.0615. The zero-order valence-electron chi connectivity index (χ0n) is 16.4. The van der Waals surface area contributed by atoms with E-state index in [1.165, 1.54) is 25.7 Å². The van der Waals surface area contributed by atoms with Crippen LogP contribution in [-0.2, 0) is 17.6 Å². The number of hydrogen-bond acceptors (Lipinski definition) is 5. The molecule has 0 spiro atoms. The summed E-state index contributed by atoms with van der Waals surface area (Å²) >= 11 is 1.66. The van der Waals surface area contributed by atoms with Crippen LogP contribution in [0.5, 0.6) is 0 Å². The summed E-state index contributed by atoms with van der Waals surface area (Å²) in [5, 5.41) is 21.6. The summed E-state index contributed by atoms with van der Waals surface area (Å²) in [7, 11) is 0. The van der Waals surface area contributed by atoms with E-state index in [0.717, 1.165) is 29.4 Å². The third-order valence-electron chi connectivity index (χ3n) is 5.23. The van der Waals surface area contributed by atoms with E-state index < -0.39 is 0 Å². The van der Waals surface area contributed by atoms with Crippen molar-refractivity contribution in [1.82, 2.24) is 20.1 Å². The first kappa shape index (κ1) is 20.4. The number of rotatable bonds is 9. The average molecular weight is 398 g/mol. The molecule has 28 heavy (non-hydrogen) atoms. The quantitative estimate of drug-likeness (QED) is 0.516. The van der Waals surface area contributed by atoms with Gasteiger partial charge in [0, 0.05) is 25.4 Å². The van der Waals surface area contributed by atoms with Gasteiger partial charge in [0.2, 0.25) is 5.91 Å². The van der Waals surface area contributed by atoms with Gasteiger partial charge in [-0.3, -0.25) is 4.79 Å². The minimum absolute atomic E-state index is 0.0615. The van der Waals surface area contributed by atoms with Crippen molar-refractivity contribution in [2.75, 3.05) is 12.8 Å². The van der Waals surface area contributed by atoms with Gasteiger partial charge < -0.3 is 9.88 Å². The molecule has 0 bridgehead atoms. The van der Waals surface area contributed by atoms with Crippen LogP contribution in [0.25, 0.3) is 0 Å². The number of carbonyl (C=O) groups excluding carboxylic acids is 1. The van der Waals surface area contributed by atoms with Crippen LogP contribution >= 0.6 is 11.8 Å². The lowest BCUT2D eigenvalue weighted by Crippen LogP contribution is -2.25. The van der Waals surface area contributed by atoms with Crippen LogP contribution in [-0.4, -0.2) is 33.5 Å². The first-order chi connectivity index (χ1) is 13.7. The molecule has 1 aliphatic rings. The van der Waals surface area contributed by atoms with Crippen LogP contribution < -0.4 is 5.32 Å². The van der Waals surface area contributed by atoms with Gasteiger partial charge in [-0.1, -0.05) is 36.7 Å². The summed E-state index contributed by atoms with van der Waals surface area (Å²) in [6, 6.07) is 10.0. The molecule has 0 atom stereocenters. The first-order valence-electron chi connectivity index (χ1n) is 9.94. The monoisotopic (exact) mass is 397 g/mol.